The Labute approximate surface area is 84.0 Å². The molecule has 0 saturated heterocycles. The second-order valence-corrected chi connectivity index (χ2v) is 4.25. The van der Waals surface area contributed by atoms with Crippen molar-refractivity contribution in [1.29, 1.82) is 0 Å². The summed E-state index contributed by atoms with van der Waals surface area (Å²) in [6.45, 7) is 9.79. The van der Waals surface area contributed by atoms with E-state index in [0.29, 0.717) is 0 Å². The van der Waals surface area contributed by atoms with E-state index in [0.717, 1.165) is 6.08 Å². The van der Waals surface area contributed by atoms with Crippen LogP contribution in [0.5, 0.6) is 0 Å². The predicted octanol–water partition coefficient (Wildman–Crippen LogP) is 1.18. The van der Waals surface area contributed by atoms with Crippen molar-refractivity contribution in [3.63, 3.8) is 0 Å². The molecule has 0 rings (SSSR count). The Morgan fingerprint density at radius 2 is 1.71 bits per heavy atom. The smallest absolute Gasteiger partial charge is 0.311 e. The fourth-order valence-electron chi connectivity index (χ4n) is 0.783. The van der Waals surface area contributed by atoms with Gasteiger partial charge in [0.1, 0.15) is 0 Å². The molecule has 0 unspecified atom stereocenters. The molecule has 0 aliphatic carbocycles. The number of carbonyl (C=O) groups is 2. The van der Waals surface area contributed by atoms with E-state index in [1.54, 1.807) is 27.7 Å². The molecule has 2 N–H and O–H groups in total. The summed E-state index contributed by atoms with van der Waals surface area (Å²) in [6.07, 6.45) is 1.12. The first kappa shape index (κ1) is 12.7. The molecule has 0 spiro atoms. The van der Waals surface area contributed by atoms with E-state index in [9.17, 15) is 9.59 Å². The van der Waals surface area contributed by atoms with E-state index in [-0.39, 0.29) is 5.91 Å². The zero-order valence-corrected chi connectivity index (χ0v) is 9.05. The van der Waals surface area contributed by atoms with E-state index in [1.165, 1.54) is 0 Å². The van der Waals surface area contributed by atoms with E-state index in [4.69, 9.17) is 5.11 Å². The van der Waals surface area contributed by atoms with Crippen molar-refractivity contribution in [3.8, 4) is 0 Å². The summed E-state index contributed by atoms with van der Waals surface area (Å²) >= 11 is 0. The maximum atomic E-state index is 11.1. The highest BCUT2D eigenvalue weighted by Gasteiger charge is 2.44. The average Bonchev–Trinajstić information content (AvgIpc) is 2.02. The van der Waals surface area contributed by atoms with Crippen molar-refractivity contribution in [2.45, 2.75) is 33.2 Å². The molecule has 0 aromatic carbocycles. The Bertz CT molecular complexity index is 267. The summed E-state index contributed by atoms with van der Waals surface area (Å²) in [4.78, 5) is 22.0. The maximum Gasteiger partial charge on any atom is 0.311 e. The number of carboxylic acid groups (broad SMARTS) is 1. The molecule has 0 bridgehead atoms. The Morgan fingerprint density at radius 3 is 2.00 bits per heavy atom. The van der Waals surface area contributed by atoms with Crippen LogP contribution >= 0.6 is 0 Å². The van der Waals surface area contributed by atoms with Crippen LogP contribution in [0, 0.1) is 5.41 Å². The third-order valence-electron chi connectivity index (χ3n) is 2.72. The lowest BCUT2D eigenvalue weighted by Gasteiger charge is -2.38. The highest BCUT2D eigenvalue weighted by molar-refractivity contribution is 5.88. The van der Waals surface area contributed by atoms with Crippen LogP contribution in [0.25, 0.3) is 0 Å². The van der Waals surface area contributed by atoms with E-state index in [2.05, 4.69) is 11.9 Å². The summed E-state index contributed by atoms with van der Waals surface area (Å²) in [6, 6.07) is 0. The van der Waals surface area contributed by atoms with Crippen molar-refractivity contribution in [2.24, 2.45) is 5.41 Å². The highest BCUT2D eigenvalue weighted by Crippen LogP contribution is 2.30. The van der Waals surface area contributed by atoms with Crippen LogP contribution in [0.2, 0.25) is 0 Å². The van der Waals surface area contributed by atoms with Crippen LogP contribution in [0.4, 0.5) is 0 Å². The lowest BCUT2D eigenvalue weighted by atomic mass is 9.74. The van der Waals surface area contributed by atoms with E-state index in [1.807, 2.05) is 0 Å². The summed E-state index contributed by atoms with van der Waals surface area (Å²) in [5, 5.41) is 11.6. The van der Waals surface area contributed by atoms with Gasteiger partial charge in [0.05, 0.1) is 11.0 Å². The molecular weight excluding hydrogens is 182 g/mol. The minimum absolute atomic E-state index is 0.371. The fraction of sp³-hybridized carbons (Fsp3) is 0.600. The molecule has 0 saturated carbocycles. The third kappa shape index (κ3) is 2.34. The minimum Gasteiger partial charge on any atom is -0.481 e. The number of hydrogen-bond acceptors (Lipinski definition) is 2. The predicted molar refractivity (Wildman–Crippen MR) is 53.8 cm³/mol. The standard InChI is InChI=1S/C10H17NO3/c1-6-7(12)11-10(4,5)9(2,3)8(13)14/h6H,1H2,2-5H3,(H,11,12)(H,13,14). The molecule has 0 aliphatic heterocycles. The van der Waals surface area contributed by atoms with Gasteiger partial charge in [-0.05, 0) is 33.8 Å². The number of amides is 1. The van der Waals surface area contributed by atoms with Gasteiger partial charge in [-0.1, -0.05) is 6.58 Å². The largest absolute Gasteiger partial charge is 0.481 e. The first-order valence-electron chi connectivity index (χ1n) is 4.33. The summed E-state index contributed by atoms with van der Waals surface area (Å²) in [5.74, 6) is -1.32. The van der Waals surface area contributed by atoms with Crippen LogP contribution in [-0.2, 0) is 9.59 Å². The molecule has 0 aliphatic rings. The second-order valence-electron chi connectivity index (χ2n) is 4.25. The maximum absolute atomic E-state index is 11.1. The molecular formula is C10H17NO3. The van der Waals surface area contributed by atoms with Gasteiger partial charge in [-0.3, -0.25) is 9.59 Å². The number of carboxylic acids is 1. The fourth-order valence-corrected chi connectivity index (χ4v) is 0.783. The number of rotatable bonds is 4. The van der Waals surface area contributed by atoms with Crippen molar-refractivity contribution in [2.75, 3.05) is 0 Å². The molecule has 0 heterocycles. The van der Waals surface area contributed by atoms with Gasteiger partial charge in [0.15, 0.2) is 0 Å². The van der Waals surface area contributed by atoms with Crippen LogP contribution < -0.4 is 5.32 Å². The molecule has 80 valence electrons. The summed E-state index contributed by atoms with van der Waals surface area (Å²) in [7, 11) is 0. The van der Waals surface area contributed by atoms with Crippen LogP contribution in [0.15, 0.2) is 12.7 Å². The van der Waals surface area contributed by atoms with Gasteiger partial charge in [0, 0.05) is 0 Å². The van der Waals surface area contributed by atoms with Crippen LogP contribution in [0.3, 0.4) is 0 Å². The number of aliphatic carboxylic acids is 1. The first-order valence-corrected chi connectivity index (χ1v) is 4.33. The topological polar surface area (TPSA) is 66.4 Å². The molecule has 0 radical (unpaired) electrons. The Kier molecular flexibility index (Phi) is 3.46. The molecule has 0 aromatic rings. The molecule has 0 fully saturated rings. The number of hydrogen-bond donors (Lipinski definition) is 2. The monoisotopic (exact) mass is 199 g/mol. The molecule has 1 amide bonds. The second kappa shape index (κ2) is 3.82. The lowest BCUT2D eigenvalue weighted by molar-refractivity contribution is -0.151. The van der Waals surface area contributed by atoms with Crippen molar-refractivity contribution >= 4 is 11.9 Å². The van der Waals surface area contributed by atoms with Gasteiger partial charge >= 0.3 is 5.97 Å². The normalized spacial score (nSPS) is 12.0. The first-order chi connectivity index (χ1) is 6.15. The van der Waals surface area contributed by atoms with E-state index >= 15 is 0 Å². The SMILES string of the molecule is C=CC(=O)NC(C)(C)C(C)(C)C(=O)O. The van der Waals surface area contributed by atoms with Crippen molar-refractivity contribution < 1.29 is 14.7 Å². The van der Waals surface area contributed by atoms with Gasteiger partial charge < -0.3 is 10.4 Å². The Morgan fingerprint density at radius 1 is 1.29 bits per heavy atom. The minimum atomic E-state index is -1.04. The van der Waals surface area contributed by atoms with Gasteiger partial charge in [0.25, 0.3) is 0 Å². The molecule has 0 atom stereocenters. The number of nitrogens with one attached hydrogen (secondary N) is 1. The average molecular weight is 199 g/mol. The summed E-state index contributed by atoms with van der Waals surface area (Å²) in [5.41, 5.74) is -1.87. The Hall–Kier alpha value is -1.32. The molecule has 0 aromatic heterocycles. The van der Waals surface area contributed by atoms with E-state index < -0.39 is 16.9 Å². The quantitative estimate of drug-likeness (QED) is 0.668. The zero-order valence-electron chi connectivity index (χ0n) is 9.05. The molecule has 4 heteroatoms. The highest BCUT2D eigenvalue weighted by atomic mass is 16.4. The van der Waals surface area contributed by atoms with Gasteiger partial charge in [-0.2, -0.15) is 0 Å². The van der Waals surface area contributed by atoms with Crippen LogP contribution in [-0.4, -0.2) is 22.5 Å². The van der Waals surface area contributed by atoms with Crippen LogP contribution in [0.1, 0.15) is 27.7 Å². The zero-order chi connectivity index (χ0) is 11.6. The number of carbonyl (C=O) groups excluding carboxylic acids is 1. The summed E-state index contributed by atoms with van der Waals surface area (Å²) < 4.78 is 0. The molecule has 4 nitrogen and oxygen atoms in total. The van der Waals surface area contributed by atoms with Crippen molar-refractivity contribution in [1.82, 2.24) is 5.32 Å². The van der Waals surface area contributed by atoms with Gasteiger partial charge in [-0.15, -0.1) is 0 Å². The van der Waals surface area contributed by atoms with Gasteiger partial charge in [0.2, 0.25) is 5.91 Å². The molecule has 14 heavy (non-hydrogen) atoms. The lowest BCUT2D eigenvalue weighted by Crippen LogP contribution is -2.56. The Balaban J connectivity index is 4.85. The van der Waals surface area contributed by atoms with Crippen molar-refractivity contribution in [3.05, 3.63) is 12.7 Å². The third-order valence-corrected chi connectivity index (χ3v) is 2.72. The van der Waals surface area contributed by atoms with Gasteiger partial charge in [-0.25, -0.2) is 0 Å².